The molecule has 0 spiro atoms. The Labute approximate surface area is 187 Å². The molecule has 2 aliphatic rings. The van der Waals surface area contributed by atoms with Crippen LogP contribution in [0.4, 0.5) is 5.82 Å². The molecule has 2 fully saturated rings. The Bertz CT molecular complexity index is 604. The van der Waals surface area contributed by atoms with Gasteiger partial charge in [0.1, 0.15) is 5.82 Å². The first-order valence-electron chi connectivity index (χ1n) is 10.5. The number of anilines is 1. The second-order valence-corrected chi connectivity index (χ2v) is 7.58. The number of ether oxygens (including phenoxy) is 1. The SMILES string of the molecule is CCOCC1CCN(C(=NC)NCc2ccnc(N3CCCCCC3)c2)C1.I. The standard InChI is InChI=1S/C21H35N5O.HI/c1-3-27-17-19-9-13-26(16-19)21(22-2)24-15-18-8-10-23-20(14-18)25-11-6-4-5-7-12-25;/h8,10,14,19H,3-7,9,11-13,15-17H2,1-2H3,(H,22,24);1H. The van der Waals surface area contributed by atoms with E-state index in [1.165, 1.54) is 37.7 Å². The van der Waals surface area contributed by atoms with Crippen LogP contribution in [0.15, 0.2) is 23.3 Å². The third-order valence-corrected chi connectivity index (χ3v) is 5.55. The van der Waals surface area contributed by atoms with Crippen molar-refractivity contribution in [3.8, 4) is 0 Å². The largest absolute Gasteiger partial charge is 0.381 e. The van der Waals surface area contributed by atoms with Gasteiger partial charge in [-0.1, -0.05) is 12.8 Å². The highest BCUT2D eigenvalue weighted by Gasteiger charge is 2.24. The quantitative estimate of drug-likeness (QED) is 0.368. The maximum atomic E-state index is 5.59. The van der Waals surface area contributed by atoms with Crippen LogP contribution in [0.25, 0.3) is 0 Å². The van der Waals surface area contributed by atoms with E-state index in [-0.39, 0.29) is 24.0 Å². The van der Waals surface area contributed by atoms with Gasteiger partial charge in [-0.3, -0.25) is 4.99 Å². The average Bonchev–Trinajstić information content (AvgIpc) is 2.99. The summed E-state index contributed by atoms with van der Waals surface area (Å²) in [4.78, 5) is 13.9. The predicted octanol–water partition coefficient (Wildman–Crippen LogP) is 3.51. The van der Waals surface area contributed by atoms with Gasteiger partial charge in [0.25, 0.3) is 0 Å². The second-order valence-electron chi connectivity index (χ2n) is 7.58. The van der Waals surface area contributed by atoms with Gasteiger partial charge in [0.2, 0.25) is 0 Å². The smallest absolute Gasteiger partial charge is 0.193 e. The van der Waals surface area contributed by atoms with Crippen LogP contribution in [0.2, 0.25) is 0 Å². The summed E-state index contributed by atoms with van der Waals surface area (Å²) >= 11 is 0. The number of likely N-dealkylation sites (tertiary alicyclic amines) is 1. The number of aliphatic imine (C=N–C) groups is 1. The Hall–Kier alpha value is -1.09. The Balaban J connectivity index is 0.00000280. The zero-order chi connectivity index (χ0) is 18.9. The van der Waals surface area contributed by atoms with Crippen molar-refractivity contribution in [2.24, 2.45) is 10.9 Å². The number of hydrogen-bond donors (Lipinski definition) is 1. The highest BCUT2D eigenvalue weighted by atomic mass is 127. The highest BCUT2D eigenvalue weighted by molar-refractivity contribution is 14.0. The molecule has 3 heterocycles. The number of guanidine groups is 1. The maximum Gasteiger partial charge on any atom is 0.193 e. The Morgan fingerprint density at radius 3 is 2.75 bits per heavy atom. The molecule has 0 aliphatic carbocycles. The number of rotatable bonds is 6. The van der Waals surface area contributed by atoms with Gasteiger partial charge in [-0.25, -0.2) is 4.98 Å². The summed E-state index contributed by atoms with van der Waals surface area (Å²) in [6.07, 6.45) is 8.34. The van der Waals surface area contributed by atoms with E-state index in [4.69, 9.17) is 4.74 Å². The number of pyridine rings is 1. The van der Waals surface area contributed by atoms with Crippen molar-refractivity contribution < 1.29 is 4.74 Å². The molecule has 1 atom stereocenters. The number of halogens is 1. The average molecular weight is 501 g/mol. The summed E-state index contributed by atoms with van der Waals surface area (Å²) in [7, 11) is 1.87. The van der Waals surface area contributed by atoms with Crippen LogP contribution in [0.3, 0.4) is 0 Å². The van der Waals surface area contributed by atoms with Crippen molar-refractivity contribution in [1.82, 2.24) is 15.2 Å². The summed E-state index contributed by atoms with van der Waals surface area (Å²) < 4.78 is 5.59. The summed E-state index contributed by atoms with van der Waals surface area (Å²) in [6, 6.07) is 4.33. The van der Waals surface area contributed by atoms with Crippen LogP contribution in [0.1, 0.15) is 44.6 Å². The fraction of sp³-hybridized carbons (Fsp3) is 0.714. The van der Waals surface area contributed by atoms with E-state index in [1.807, 2.05) is 13.2 Å². The van der Waals surface area contributed by atoms with Crippen LogP contribution in [0.5, 0.6) is 0 Å². The van der Waals surface area contributed by atoms with Crippen molar-refractivity contribution in [3.63, 3.8) is 0 Å². The molecule has 3 rings (SSSR count). The van der Waals surface area contributed by atoms with Gasteiger partial charge in [0.05, 0.1) is 6.61 Å². The van der Waals surface area contributed by atoms with Crippen LogP contribution in [-0.4, -0.2) is 62.3 Å². The molecule has 2 saturated heterocycles. The molecule has 1 aromatic heterocycles. The maximum absolute atomic E-state index is 5.59. The van der Waals surface area contributed by atoms with Crippen molar-refractivity contribution in [2.45, 2.75) is 45.6 Å². The van der Waals surface area contributed by atoms with E-state index < -0.39 is 0 Å². The molecule has 1 unspecified atom stereocenters. The van der Waals surface area contributed by atoms with Crippen LogP contribution < -0.4 is 10.2 Å². The minimum atomic E-state index is 0. The van der Waals surface area contributed by atoms with Gasteiger partial charge < -0.3 is 19.9 Å². The second kappa shape index (κ2) is 12.5. The summed E-state index contributed by atoms with van der Waals surface area (Å²) in [5.74, 6) is 2.71. The monoisotopic (exact) mass is 501 g/mol. The van der Waals surface area contributed by atoms with Crippen LogP contribution in [0, 0.1) is 5.92 Å². The van der Waals surface area contributed by atoms with Crippen molar-refractivity contribution in [3.05, 3.63) is 23.9 Å². The minimum absolute atomic E-state index is 0. The molecule has 0 aromatic carbocycles. The van der Waals surface area contributed by atoms with Gasteiger partial charge in [-0.05, 0) is 43.9 Å². The molecular formula is C21H36IN5O. The van der Waals surface area contributed by atoms with E-state index in [1.54, 1.807) is 0 Å². The van der Waals surface area contributed by atoms with Crippen molar-refractivity contribution in [1.29, 1.82) is 0 Å². The molecule has 6 nitrogen and oxygen atoms in total. The zero-order valence-corrected chi connectivity index (χ0v) is 19.7. The lowest BCUT2D eigenvalue weighted by Crippen LogP contribution is -2.39. The van der Waals surface area contributed by atoms with Gasteiger partial charge in [-0.2, -0.15) is 0 Å². The predicted molar refractivity (Wildman–Crippen MR) is 127 cm³/mol. The lowest BCUT2D eigenvalue weighted by molar-refractivity contribution is 0.114. The Kier molecular flexibility index (Phi) is 10.3. The van der Waals surface area contributed by atoms with Gasteiger partial charge in [0, 0.05) is 58.5 Å². The molecular weight excluding hydrogens is 465 g/mol. The molecule has 0 saturated carbocycles. The molecule has 0 amide bonds. The van der Waals surface area contributed by atoms with E-state index in [2.05, 4.69) is 44.1 Å². The fourth-order valence-electron chi connectivity index (χ4n) is 4.00. The third kappa shape index (κ3) is 6.76. The van der Waals surface area contributed by atoms with Gasteiger partial charge in [0.15, 0.2) is 5.96 Å². The van der Waals surface area contributed by atoms with Crippen molar-refractivity contribution in [2.75, 3.05) is 51.3 Å². The molecule has 1 N–H and O–H groups in total. The van der Waals surface area contributed by atoms with Gasteiger partial charge >= 0.3 is 0 Å². The van der Waals surface area contributed by atoms with Crippen molar-refractivity contribution >= 4 is 35.8 Å². The van der Waals surface area contributed by atoms with E-state index in [9.17, 15) is 0 Å². The van der Waals surface area contributed by atoms with Gasteiger partial charge in [-0.15, -0.1) is 24.0 Å². The summed E-state index contributed by atoms with van der Waals surface area (Å²) in [6.45, 7) is 8.81. The first kappa shape index (κ1) is 23.2. The third-order valence-electron chi connectivity index (χ3n) is 5.55. The van der Waals surface area contributed by atoms with Crippen LogP contribution >= 0.6 is 24.0 Å². The topological polar surface area (TPSA) is 53.0 Å². The lowest BCUT2D eigenvalue weighted by Gasteiger charge is -2.23. The minimum Gasteiger partial charge on any atom is -0.381 e. The molecule has 2 aliphatic heterocycles. The number of aromatic nitrogens is 1. The molecule has 0 bridgehead atoms. The summed E-state index contributed by atoms with van der Waals surface area (Å²) in [5, 5.41) is 3.54. The molecule has 28 heavy (non-hydrogen) atoms. The number of hydrogen-bond acceptors (Lipinski definition) is 4. The van der Waals surface area contributed by atoms with Crippen LogP contribution in [-0.2, 0) is 11.3 Å². The zero-order valence-electron chi connectivity index (χ0n) is 17.4. The summed E-state index contributed by atoms with van der Waals surface area (Å²) in [5.41, 5.74) is 1.26. The lowest BCUT2D eigenvalue weighted by atomic mass is 10.1. The molecule has 1 aromatic rings. The van der Waals surface area contributed by atoms with E-state index >= 15 is 0 Å². The normalized spacial score (nSPS) is 20.6. The first-order valence-corrected chi connectivity index (χ1v) is 10.5. The fourth-order valence-corrected chi connectivity index (χ4v) is 4.00. The van der Waals surface area contributed by atoms with E-state index in [0.717, 1.165) is 57.7 Å². The number of nitrogens with zero attached hydrogens (tertiary/aromatic N) is 4. The van der Waals surface area contributed by atoms with E-state index in [0.29, 0.717) is 5.92 Å². The Morgan fingerprint density at radius 1 is 1.25 bits per heavy atom. The first-order chi connectivity index (χ1) is 13.3. The number of nitrogens with one attached hydrogen (secondary N) is 1. The molecule has 0 radical (unpaired) electrons. The Morgan fingerprint density at radius 2 is 2.04 bits per heavy atom. The molecule has 7 heteroatoms. The molecule has 158 valence electrons. The highest BCUT2D eigenvalue weighted by Crippen LogP contribution is 2.19.